The first-order valence-corrected chi connectivity index (χ1v) is 8.19. The van der Waals surface area contributed by atoms with Gasteiger partial charge in [0.1, 0.15) is 5.58 Å². The van der Waals surface area contributed by atoms with Gasteiger partial charge in [-0.3, -0.25) is 9.78 Å². The summed E-state index contributed by atoms with van der Waals surface area (Å²) in [6, 6.07) is 14.7. The van der Waals surface area contributed by atoms with Crippen LogP contribution in [-0.4, -0.2) is 17.7 Å². The minimum Gasteiger partial charge on any atom is -0.454 e. The van der Waals surface area contributed by atoms with E-state index in [-0.39, 0.29) is 18.5 Å². The van der Waals surface area contributed by atoms with Crippen LogP contribution in [0.3, 0.4) is 0 Å². The first-order valence-electron chi connectivity index (χ1n) is 8.19. The molecule has 1 aliphatic heterocycles. The first-order chi connectivity index (χ1) is 12.7. The molecule has 0 atom stereocenters. The normalized spacial score (nSPS) is 12.7. The van der Waals surface area contributed by atoms with Crippen LogP contribution in [0, 0.1) is 6.92 Å². The molecule has 26 heavy (non-hydrogen) atoms. The van der Waals surface area contributed by atoms with Crippen LogP contribution in [0.1, 0.15) is 16.2 Å². The lowest BCUT2D eigenvalue weighted by atomic mass is 10.1. The maximum absolute atomic E-state index is 12.6. The third-order valence-electron chi connectivity index (χ3n) is 4.41. The number of anilines is 1. The van der Waals surface area contributed by atoms with Gasteiger partial charge in [0, 0.05) is 28.2 Å². The molecule has 4 aromatic rings. The molecule has 5 rings (SSSR count). The second kappa shape index (κ2) is 5.49. The zero-order valence-corrected chi connectivity index (χ0v) is 13.9. The zero-order valence-electron chi connectivity index (χ0n) is 13.9. The van der Waals surface area contributed by atoms with E-state index < -0.39 is 0 Å². The number of aromatic nitrogens is 1. The van der Waals surface area contributed by atoms with Crippen molar-refractivity contribution in [2.45, 2.75) is 6.92 Å². The lowest BCUT2D eigenvalue weighted by Gasteiger charge is -2.04. The minimum atomic E-state index is -0.330. The molecule has 0 saturated heterocycles. The van der Waals surface area contributed by atoms with Gasteiger partial charge in [-0.2, -0.15) is 0 Å². The molecule has 1 amide bonds. The molecule has 0 radical (unpaired) electrons. The summed E-state index contributed by atoms with van der Waals surface area (Å²) in [5, 5.41) is 4.55. The number of nitrogens with one attached hydrogen (secondary N) is 1. The number of fused-ring (bicyclic) bond motifs is 4. The molecule has 0 saturated carbocycles. The standard InChI is InChI=1S/C20H14N2O4/c1-11-14-9-18(26-19(14)13-4-2-3-5-15(13)21-11)20(23)22-12-6-7-16-17(8-12)25-10-24-16/h2-9H,10H2,1H3,(H,22,23). The van der Waals surface area contributed by atoms with Gasteiger partial charge in [0.25, 0.3) is 5.91 Å². The molecule has 0 bridgehead atoms. The Morgan fingerprint density at radius 1 is 1.04 bits per heavy atom. The van der Waals surface area contributed by atoms with Crippen LogP contribution in [-0.2, 0) is 0 Å². The molecule has 3 heterocycles. The van der Waals surface area contributed by atoms with Crippen molar-refractivity contribution in [2.24, 2.45) is 0 Å². The molecule has 2 aromatic carbocycles. The van der Waals surface area contributed by atoms with E-state index >= 15 is 0 Å². The molecule has 2 aromatic heterocycles. The number of pyridine rings is 1. The summed E-state index contributed by atoms with van der Waals surface area (Å²) in [6.45, 7) is 2.10. The second-order valence-electron chi connectivity index (χ2n) is 6.09. The fourth-order valence-corrected chi connectivity index (χ4v) is 3.14. The highest BCUT2D eigenvalue weighted by molar-refractivity contribution is 6.09. The quantitative estimate of drug-likeness (QED) is 0.587. The SMILES string of the molecule is Cc1nc2ccccc2c2oc(C(=O)Nc3ccc4c(c3)OCO4)cc12. The number of aryl methyl sites for hydroxylation is 1. The summed E-state index contributed by atoms with van der Waals surface area (Å²) in [7, 11) is 0. The molecule has 6 heteroatoms. The van der Waals surface area contributed by atoms with Crippen LogP contribution in [0.4, 0.5) is 5.69 Å². The topological polar surface area (TPSA) is 73.6 Å². The molecule has 1 aliphatic rings. The van der Waals surface area contributed by atoms with Gasteiger partial charge in [-0.15, -0.1) is 0 Å². The van der Waals surface area contributed by atoms with Crippen molar-refractivity contribution in [3.63, 3.8) is 0 Å². The maximum Gasteiger partial charge on any atom is 0.291 e. The number of para-hydroxylation sites is 1. The van der Waals surface area contributed by atoms with Gasteiger partial charge >= 0.3 is 0 Å². The minimum absolute atomic E-state index is 0.190. The van der Waals surface area contributed by atoms with E-state index in [2.05, 4.69) is 10.3 Å². The summed E-state index contributed by atoms with van der Waals surface area (Å²) in [5.74, 6) is 1.18. The van der Waals surface area contributed by atoms with Gasteiger partial charge in [0.2, 0.25) is 6.79 Å². The van der Waals surface area contributed by atoms with Crippen molar-refractivity contribution in [3.8, 4) is 11.5 Å². The van der Waals surface area contributed by atoms with Crippen LogP contribution in [0.2, 0.25) is 0 Å². The Balaban J connectivity index is 1.53. The number of amides is 1. The van der Waals surface area contributed by atoms with Crippen molar-refractivity contribution in [2.75, 3.05) is 12.1 Å². The van der Waals surface area contributed by atoms with E-state index in [9.17, 15) is 4.79 Å². The average Bonchev–Trinajstić information content (AvgIpc) is 3.29. The second-order valence-corrected chi connectivity index (χ2v) is 6.09. The third kappa shape index (κ3) is 2.27. The van der Waals surface area contributed by atoms with Crippen LogP contribution < -0.4 is 14.8 Å². The van der Waals surface area contributed by atoms with Crippen molar-refractivity contribution in [1.82, 2.24) is 4.98 Å². The Bertz CT molecular complexity index is 1180. The van der Waals surface area contributed by atoms with Crippen molar-refractivity contribution < 1.29 is 18.7 Å². The number of furan rings is 1. The predicted octanol–water partition coefficient (Wildman–Crippen LogP) is 4.27. The van der Waals surface area contributed by atoms with Crippen molar-refractivity contribution in [1.29, 1.82) is 0 Å². The Morgan fingerprint density at radius 3 is 2.81 bits per heavy atom. The van der Waals surface area contributed by atoms with E-state index in [0.29, 0.717) is 22.8 Å². The number of hydrogen-bond donors (Lipinski definition) is 1. The highest BCUT2D eigenvalue weighted by Crippen LogP contribution is 2.34. The summed E-state index contributed by atoms with van der Waals surface area (Å²) in [6.07, 6.45) is 0. The van der Waals surface area contributed by atoms with Gasteiger partial charge in [0.05, 0.1) is 5.52 Å². The highest BCUT2D eigenvalue weighted by Gasteiger charge is 2.18. The fourth-order valence-electron chi connectivity index (χ4n) is 3.14. The summed E-state index contributed by atoms with van der Waals surface area (Å²) in [4.78, 5) is 17.2. The van der Waals surface area contributed by atoms with Crippen LogP contribution in [0.25, 0.3) is 21.9 Å². The molecule has 0 unspecified atom stereocenters. The first kappa shape index (κ1) is 14.8. The maximum atomic E-state index is 12.6. The van der Waals surface area contributed by atoms with Crippen molar-refractivity contribution >= 4 is 33.5 Å². The molecular formula is C20H14N2O4. The number of benzene rings is 2. The van der Waals surface area contributed by atoms with E-state index in [1.807, 2.05) is 31.2 Å². The Kier molecular flexibility index (Phi) is 3.12. The van der Waals surface area contributed by atoms with Gasteiger partial charge < -0.3 is 19.2 Å². The predicted molar refractivity (Wildman–Crippen MR) is 96.8 cm³/mol. The van der Waals surface area contributed by atoms with Gasteiger partial charge in [-0.1, -0.05) is 12.1 Å². The number of rotatable bonds is 2. The molecule has 1 N–H and O–H groups in total. The molecule has 0 spiro atoms. The lowest BCUT2D eigenvalue weighted by Crippen LogP contribution is -2.10. The number of carbonyl (C=O) groups is 1. The fraction of sp³-hybridized carbons (Fsp3) is 0.100. The monoisotopic (exact) mass is 346 g/mol. The van der Waals surface area contributed by atoms with E-state index in [0.717, 1.165) is 22.0 Å². The van der Waals surface area contributed by atoms with Crippen LogP contribution in [0.15, 0.2) is 52.9 Å². The number of carbonyl (C=O) groups excluding carboxylic acids is 1. The molecule has 0 aliphatic carbocycles. The Hall–Kier alpha value is -3.54. The number of nitrogens with zero attached hydrogens (tertiary/aromatic N) is 1. The number of ether oxygens (including phenoxy) is 2. The average molecular weight is 346 g/mol. The Labute approximate surface area is 148 Å². The van der Waals surface area contributed by atoms with Gasteiger partial charge in [0.15, 0.2) is 17.3 Å². The van der Waals surface area contributed by atoms with E-state index in [1.165, 1.54) is 0 Å². The molecular weight excluding hydrogens is 332 g/mol. The largest absolute Gasteiger partial charge is 0.454 e. The lowest BCUT2D eigenvalue weighted by molar-refractivity contribution is 0.0999. The number of hydrogen-bond acceptors (Lipinski definition) is 5. The highest BCUT2D eigenvalue weighted by atomic mass is 16.7. The van der Waals surface area contributed by atoms with Crippen molar-refractivity contribution in [3.05, 3.63) is 60.0 Å². The van der Waals surface area contributed by atoms with E-state index in [1.54, 1.807) is 24.3 Å². The van der Waals surface area contributed by atoms with Gasteiger partial charge in [-0.05, 0) is 37.3 Å². The summed E-state index contributed by atoms with van der Waals surface area (Å²) < 4.78 is 16.5. The summed E-state index contributed by atoms with van der Waals surface area (Å²) >= 11 is 0. The smallest absolute Gasteiger partial charge is 0.291 e. The molecule has 6 nitrogen and oxygen atoms in total. The summed E-state index contributed by atoms with van der Waals surface area (Å²) in [5.41, 5.74) is 2.95. The third-order valence-corrected chi connectivity index (χ3v) is 4.41. The molecule has 128 valence electrons. The van der Waals surface area contributed by atoms with Gasteiger partial charge in [-0.25, -0.2) is 0 Å². The van der Waals surface area contributed by atoms with Crippen LogP contribution >= 0.6 is 0 Å². The van der Waals surface area contributed by atoms with E-state index in [4.69, 9.17) is 13.9 Å². The zero-order chi connectivity index (χ0) is 17.7. The Morgan fingerprint density at radius 2 is 1.88 bits per heavy atom. The molecule has 0 fully saturated rings. The van der Waals surface area contributed by atoms with Crippen LogP contribution in [0.5, 0.6) is 11.5 Å².